The van der Waals surface area contributed by atoms with Gasteiger partial charge in [-0.15, -0.1) is 0 Å². The van der Waals surface area contributed by atoms with Crippen LogP contribution in [0.15, 0.2) is 0 Å². The fraction of sp³-hybridized carbons (Fsp3) is 1.00. The topological polar surface area (TPSA) is 27.7 Å². The quantitative estimate of drug-likeness (QED) is 0.156. The monoisotopic (exact) mass is 530 g/mol. The van der Waals surface area contributed by atoms with Crippen LogP contribution in [0, 0.1) is 0 Å². The maximum absolute atomic E-state index is 6.46. The molecule has 0 aliphatic heterocycles. The summed E-state index contributed by atoms with van der Waals surface area (Å²) in [5, 5.41) is 0.859. The van der Waals surface area contributed by atoms with Crippen molar-refractivity contribution in [2.24, 2.45) is 0 Å². The molecule has 3 nitrogen and oxygen atoms in total. The molecule has 34 heavy (non-hydrogen) atoms. The molecule has 0 radical (unpaired) electrons. The Kier molecular flexibility index (Phi) is 13.6. The molecule has 0 spiro atoms. The molecule has 0 heterocycles. The standard InChI is InChI=1S/C27H63BO3Si3/c1-25(2,3)32(10,11)29-22-16-19-28(20-17-23-30-33(12,13)26(4,5)6)21-18-24-31-34(14,15)27(7,8)9/h16-24H2,1-15H3. The summed E-state index contributed by atoms with van der Waals surface area (Å²) in [4.78, 5) is 0. The van der Waals surface area contributed by atoms with Gasteiger partial charge in [0, 0.05) is 19.8 Å². The molecule has 0 aromatic carbocycles. The highest BCUT2D eigenvalue weighted by Gasteiger charge is 2.38. The minimum atomic E-state index is -1.65. The summed E-state index contributed by atoms with van der Waals surface area (Å²) in [6.07, 6.45) is 7.29. The third-order valence-electron chi connectivity index (χ3n) is 9.08. The normalized spacial score (nSPS) is 14.6. The van der Waals surface area contributed by atoms with Gasteiger partial charge in [-0.05, 0) is 73.7 Å². The second kappa shape index (κ2) is 13.4. The van der Waals surface area contributed by atoms with E-state index in [9.17, 15) is 0 Å². The van der Waals surface area contributed by atoms with Crippen LogP contribution in [0.2, 0.25) is 73.4 Å². The molecule has 0 atom stereocenters. The highest BCUT2D eigenvalue weighted by atomic mass is 28.4. The lowest BCUT2D eigenvalue weighted by Crippen LogP contribution is -2.41. The average Bonchev–Trinajstić information content (AvgIpc) is 2.62. The van der Waals surface area contributed by atoms with E-state index in [1.165, 1.54) is 38.2 Å². The Morgan fingerprint density at radius 3 is 0.824 bits per heavy atom. The van der Waals surface area contributed by atoms with Gasteiger partial charge in [0.25, 0.3) is 0 Å². The summed E-state index contributed by atoms with van der Waals surface area (Å²) < 4.78 is 19.4. The smallest absolute Gasteiger partial charge is 0.191 e. The molecule has 0 rings (SSSR count). The van der Waals surface area contributed by atoms with Crippen LogP contribution in [-0.4, -0.2) is 51.5 Å². The first-order chi connectivity index (χ1) is 15.0. The van der Waals surface area contributed by atoms with Crippen LogP contribution in [-0.2, 0) is 13.3 Å². The predicted molar refractivity (Wildman–Crippen MR) is 163 cm³/mol. The van der Waals surface area contributed by atoms with Crippen molar-refractivity contribution < 1.29 is 13.3 Å². The average molecular weight is 531 g/mol. The van der Waals surface area contributed by atoms with Crippen LogP contribution >= 0.6 is 0 Å². The molecule has 0 amide bonds. The second-order valence-electron chi connectivity index (χ2n) is 15.1. The van der Waals surface area contributed by atoms with E-state index in [-0.39, 0.29) is 15.1 Å². The Morgan fingerprint density at radius 2 is 0.647 bits per heavy atom. The van der Waals surface area contributed by atoms with E-state index in [0.29, 0.717) is 0 Å². The summed E-state index contributed by atoms with van der Waals surface area (Å²) in [5.74, 6) is 0. The van der Waals surface area contributed by atoms with Crippen molar-refractivity contribution in [1.29, 1.82) is 0 Å². The maximum Gasteiger partial charge on any atom is 0.191 e. The van der Waals surface area contributed by atoms with Crippen LogP contribution in [0.5, 0.6) is 0 Å². The minimum absolute atomic E-state index is 0.286. The SMILES string of the molecule is CC(C)(C)[Si](C)(C)OCCCB(CCCO[Si](C)(C)C(C)(C)C)CCCO[Si](C)(C)C(C)(C)C. The summed E-state index contributed by atoms with van der Waals surface area (Å²) >= 11 is 0. The van der Waals surface area contributed by atoms with Crippen molar-refractivity contribution in [3.05, 3.63) is 0 Å². The van der Waals surface area contributed by atoms with E-state index in [0.717, 1.165) is 26.5 Å². The van der Waals surface area contributed by atoms with Gasteiger partial charge in [-0.2, -0.15) is 0 Å². The van der Waals surface area contributed by atoms with Crippen molar-refractivity contribution in [2.45, 2.75) is 155 Å². The highest BCUT2D eigenvalue weighted by molar-refractivity contribution is 6.74. The van der Waals surface area contributed by atoms with E-state index in [2.05, 4.69) is 102 Å². The van der Waals surface area contributed by atoms with Gasteiger partial charge >= 0.3 is 0 Å². The maximum atomic E-state index is 6.46. The molecule has 0 saturated carbocycles. The lowest BCUT2D eigenvalue weighted by Gasteiger charge is -2.36. The molecule has 0 aromatic heterocycles. The van der Waals surface area contributed by atoms with Gasteiger partial charge < -0.3 is 13.3 Å². The summed E-state index contributed by atoms with van der Waals surface area (Å²) in [6.45, 7) is 38.6. The van der Waals surface area contributed by atoms with E-state index in [1.807, 2.05) is 0 Å². The number of rotatable bonds is 15. The van der Waals surface area contributed by atoms with E-state index in [4.69, 9.17) is 13.3 Å². The lowest BCUT2D eigenvalue weighted by atomic mass is 9.41. The first-order valence-electron chi connectivity index (χ1n) is 14.0. The van der Waals surface area contributed by atoms with Gasteiger partial charge in [0.15, 0.2) is 25.0 Å². The molecule has 0 aliphatic carbocycles. The zero-order valence-electron chi connectivity index (χ0n) is 26.2. The Labute approximate surface area is 219 Å². The van der Waals surface area contributed by atoms with Gasteiger partial charge in [0.05, 0.1) is 0 Å². The van der Waals surface area contributed by atoms with Crippen LogP contribution in [0.25, 0.3) is 0 Å². The highest BCUT2D eigenvalue weighted by Crippen LogP contribution is 2.38. The summed E-state index contributed by atoms with van der Waals surface area (Å²) in [5.41, 5.74) is 0. The Bertz CT molecular complexity index is 492. The Hall–Kier alpha value is 0.596. The van der Waals surface area contributed by atoms with Crippen LogP contribution in [0.4, 0.5) is 0 Å². The number of hydrogen-bond acceptors (Lipinski definition) is 3. The van der Waals surface area contributed by atoms with E-state index in [1.54, 1.807) is 0 Å². The molecule has 0 bridgehead atoms. The zero-order chi connectivity index (χ0) is 27.1. The van der Waals surface area contributed by atoms with Gasteiger partial charge in [-0.3, -0.25) is 0 Å². The largest absolute Gasteiger partial charge is 0.417 e. The molecule has 0 saturated heterocycles. The number of hydrogen-bond donors (Lipinski definition) is 0. The molecule has 0 unspecified atom stereocenters. The molecule has 0 aliphatic rings. The predicted octanol–water partition coefficient (Wildman–Crippen LogP) is 9.72. The first kappa shape index (κ1) is 34.6. The molecule has 0 fully saturated rings. The molecular weight excluding hydrogens is 467 g/mol. The summed E-state index contributed by atoms with van der Waals surface area (Å²) in [6, 6.07) is 0. The van der Waals surface area contributed by atoms with Crippen molar-refractivity contribution in [1.82, 2.24) is 0 Å². The van der Waals surface area contributed by atoms with Gasteiger partial charge in [0.1, 0.15) is 6.71 Å². The van der Waals surface area contributed by atoms with Gasteiger partial charge in [-0.1, -0.05) is 81.3 Å². The third-order valence-corrected chi connectivity index (χ3v) is 22.7. The van der Waals surface area contributed by atoms with Gasteiger partial charge in [-0.25, -0.2) is 0 Å². The zero-order valence-corrected chi connectivity index (χ0v) is 29.2. The molecule has 7 heteroatoms. The molecule has 0 aromatic rings. The second-order valence-corrected chi connectivity index (χ2v) is 29.5. The van der Waals surface area contributed by atoms with Crippen molar-refractivity contribution in [3.63, 3.8) is 0 Å². The van der Waals surface area contributed by atoms with Crippen molar-refractivity contribution >= 4 is 31.7 Å². The van der Waals surface area contributed by atoms with Crippen molar-refractivity contribution in [3.8, 4) is 0 Å². The lowest BCUT2D eigenvalue weighted by molar-refractivity contribution is 0.283. The fourth-order valence-electron chi connectivity index (χ4n) is 3.18. The first-order valence-corrected chi connectivity index (χ1v) is 22.7. The Balaban J connectivity index is 4.74. The van der Waals surface area contributed by atoms with Gasteiger partial charge in [0.2, 0.25) is 0 Å². The minimum Gasteiger partial charge on any atom is -0.417 e. The molecule has 204 valence electrons. The van der Waals surface area contributed by atoms with Crippen LogP contribution in [0.3, 0.4) is 0 Å². The van der Waals surface area contributed by atoms with E-state index >= 15 is 0 Å². The molecular formula is C27H63BO3Si3. The van der Waals surface area contributed by atoms with E-state index < -0.39 is 25.0 Å². The summed E-state index contributed by atoms with van der Waals surface area (Å²) in [7, 11) is -4.94. The Morgan fingerprint density at radius 1 is 0.441 bits per heavy atom. The van der Waals surface area contributed by atoms with Crippen LogP contribution in [0.1, 0.15) is 81.6 Å². The fourth-order valence-corrected chi connectivity index (χ4v) is 6.44. The van der Waals surface area contributed by atoms with Crippen LogP contribution < -0.4 is 0 Å². The third kappa shape index (κ3) is 12.2. The van der Waals surface area contributed by atoms with Crippen molar-refractivity contribution in [2.75, 3.05) is 19.8 Å². The molecule has 0 N–H and O–H groups in total.